The Bertz CT molecular complexity index is 1280. The Morgan fingerprint density at radius 2 is 1.88 bits per heavy atom. The van der Waals surface area contributed by atoms with E-state index in [0.29, 0.717) is 18.9 Å². The third-order valence-electron chi connectivity index (χ3n) is 6.07. The van der Waals surface area contributed by atoms with E-state index in [1.54, 1.807) is 0 Å². The van der Waals surface area contributed by atoms with Gasteiger partial charge in [-0.25, -0.2) is 14.8 Å². The number of carbonyl (C=O) groups excluding carboxylic acids is 1. The van der Waals surface area contributed by atoms with E-state index < -0.39 is 0 Å². The van der Waals surface area contributed by atoms with Crippen molar-refractivity contribution in [3.05, 3.63) is 65.5 Å². The van der Waals surface area contributed by atoms with Crippen molar-refractivity contribution in [2.75, 3.05) is 12.3 Å². The van der Waals surface area contributed by atoms with Gasteiger partial charge >= 0.3 is 6.03 Å². The molecule has 178 valence electrons. The molecule has 34 heavy (non-hydrogen) atoms. The first-order chi connectivity index (χ1) is 16.6. The van der Waals surface area contributed by atoms with Crippen LogP contribution >= 0.6 is 0 Å². The number of rotatable bonds is 10. The molecular weight excluding hydrogens is 424 g/mol. The second-order valence-corrected chi connectivity index (χ2v) is 8.80. The SMILES string of the molecule is CCCCc1nc2c(N)nc3ccccc3c2n1CCCCNC(=O)NCc1cccc(C)c1. The number of unbranched alkanes of at least 4 members (excludes halogenated alkanes) is 2. The Morgan fingerprint density at radius 1 is 1.03 bits per heavy atom. The van der Waals surface area contributed by atoms with Crippen LogP contribution in [0, 0.1) is 6.92 Å². The molecule has 2 heterocycles. The van der Waals surface area contributed by atoms with Gasteiger partial charge < -0.3 is 20.9 Å². The fourth-order valence-corrected chi connectivity index (χ4v) is 4.34. The number of imidazole rings is 1. The van der Waals surface area contributed by atoms with Crippen molar-refractivity contribution in [2.24, 2.45) is 0 Å². The minimum absolute atomic E-state index is 0.136. The van der Waals surface area contributed by atoms with Gasteiger partial charge in [0.2, 0.25) is 0 Å². The normalized spacial score (nSPS) is 11.2. The number of pyridine rings is 1. The van der Waals surface area contributed by atoms with Crippen LogP contribution < -0.4 is 16.4 Å². The molecule has 7 heteroatoms. The molecule has 0 fully saturated rings. The fraction of sp³-hybridized carbons (Fsp3) is 0.370. The van der Waals surface area contributed by atoms with E-state index in [1.807, 2.05) is 43.3 Å². The van der Waals surface area contributed by atoms with Gasteiger partial charge in [-0.15, -0.1) is 0 Å². The molecule has 0 aliphatic carbocycles. The number of aromatic nitrogens is 3. The quantitative estimate of drug-likeness (QED) is 0.288. The average molecular weight is 459 g/mol. The summed E-state index contributed by atoms with van der Waals surface area (Å²) >= 11 is 0. The molecule has 7 nitrogen and oxygen atoms in total. The molecule has 4 rings (SSSR count). The van der Waals surface area contributed by atoms with Crippen LogP contribution in [0.4, 0.5) is 10.6 Å². The highest BCUT2D eigenvalue weighted by Crippen LogP contribution is 2.29. The van der Waals surface area contributed by atoms with Crippen molar-refractivity contribution in [3.63, 3.8) is 0 Å². The summed E-state index contributed by atoms with van der Waals surface area (Å²) in [5.74, 6) is 1.54. The number of nitrogens with zero attached hydrogens (tertiary/aromatic N) is 3. The van der Waals surface area contributed by atoms with Gasteiger partial charge in [-0.2, -0.15) is 0 Å². The first kappa shape index (κ1) is 23.5. The Kier molecular flexibility index (Phi) is 7.62. The molecule has 0 saturated carbocycles. The van der Waals surface area contributed by atoms with Gasteiger partial charge in [0.05, 0.1) is 11.0 Å². The minimum atomic E-state index is -0.136. The molecule has 2 amide bonds. The van der Waals surface area contributed by atoms with Crippen molar-refractivity contribution in [1.82, 2.24) is 25.2 Å². The summed E-state index contributed by atoms with van der Waals surface area (Å²) in [5, 5.41) is 6.97. The number of nitrogens with one attached hydrogen (secondary N) is 2. The number of carbonyl (C=O) groups is 1. The molecule has 2 aromatic heterocycles. The molecule has 0 spiro atoms. The zero-order chi connectivity index (χ0) is 23.9. The summed E-state index contributed by atoms with van der Waals surface area (Å²) in [6.07, 6.45) is 4.91. The van der Waals surface area contributed by atoms with E-state index in [1.165, 1.54) is 5.56 Å². The van der Waals surface area contributed by atoms with Crippen LogP contribution in [0.15, 0.2) is 48.5 Å². The first-order valence-corrected chi connectivity index (χ1v) is 12.2. The molecule has 0 aliphatic rings. The Labute approximate surface area is 200 Å². The van der Waals surface area contributed by atoms with Gasteiger partial charge in [-0.05, 0) is 37.8 Å². The number of hydrogen-bond acceptors (Lipinski definition) is 4. The number of para-hydroxylation sites is 1. The highest BCUT2D eigenvalue weighted by Gasteiger charge is 2.16. The maximum Gasteiger partial charge on any atom is 0.315 e. The fourth-order valence-electron chi connectivity index (χ4n) is 4.34. The highest BCUT2D eigenvalue weighted by molar-refractivity contribution is 6.06. The summed E-state index contributed by atoms with van der Waals surface area (Å²) < 4.78 is 2.31. The third kappa shape index (κ3) is 5.47. The van der Waals surface area contributed by atoms with Crippen LogP contribution in [0.1, 0.15) is 49.6 Å². The second-order valence-electron chi connectivity index (χ2n) is 8.80. The van der Waals surface area contributed by atoms with Gasteiger partial charge in [0.15, 0.2) is 5.82 Å². The van der Waals surface area contributed by atoms with Gasteiger partial charge in [-0.3, -0.25) is 0 Å². The summed E-state index contributed by atoms with van der Waals surface area (Å²) in [6.45, 7) is 6.22. The van der Waals surface area contributed by atoms with E-state index in [4.69, 9.17) is 10.7 Å². The predicted octanol–water partition coefficient (Wildman–Crippen LogP) is 5.10. The van der Waals surface area contributed by atoms with Crippen LogP contribution in [-0.4, -0.2) is 27.1 Å². The summed E-state index contributed by atoms with van der Waals surface area (Å²) in [5.41, 5.74) is 11.3. The number of nitrogens with two attached hydrogens (primary N) is 1. The predicted molar refractivity (Wildman–Crippen MR) is 139 cm³/mol. The summed E-state index contributed by atoms with van der Waals surface area (Å²) in [4.78, 5) is 21.6. The number of aryl methyl sites for hydroxylation is 3. The third-order valence-corrected chi connectivity index (χ3v) is 6.07. The van der Waals surface area contributed by atoms with Gasteiger partial charge in [-0.1, -0.05) is 61.4 Å². The van der Waals surface area contributed by atoms with Crippen molar-refractivity contribution in [3.8, 4) is 0 Å². The van der Waals surface area contributed by atoms with Crippen LogP contribution in [0.5, 0.6) is 0 Å². The standard InChI is InChI=1S/C27H34N6O/c1-3-4-14-23-32-24-25(21-12-5-6-13-22(21)31-26(24)28)33(23)16-8-7-15-29-27(34)30-18-20-11-9-10-19(2)17-20/h5-6,9-13,17H,3-4,7-8,14-16,18H2,1-2H3,(H2,28,31)(H2,29,30,34). The molecule has 0 aliphatic heterocycles. The average Bonchev–Trinajstić information content (AvgIpc) is 3.20. The van der Waals surface area contributed by atoms with E-state index in [2.05, 4.69) is 39.2 Å². The lowest BCUT2D eigenvalue weighted by molar-refractivity contribution is 0.240. The Balaban J connectivity index is 1.38. The summed E-state index contributed by atoms with van der Waals surface area (Å²) in [6, 6.07) is 16.1. The Hall–Kier alpha value is -3.61. The molecular formula is C27H34N6O. The monoisotopic (exact) mass is 458 g/mol. The van der Waals surface area contributed by atoms with E-state index in [0.717, 1.165) is 72.0 Å². The van der Waals surface area contributed by atoms with Crippen LogP contribution in [-0.2, 0) is 19.5 Å². The van der Waals surface area contributed by atoms with E-state index in [9.17, 15) is 4.79 Å². The second kappa shape index (κ2) is 11.0. The molecule has 0 saturated heterocycles. The molecule has 0 bridgehead atoms. The van der Waals surface area contributed by atoms with Crippen molar-refractivity contribution in [2.45, 2.75) is 59.0 Å². The first-order valence-electron chi connectivity index (χ1n) is 12.2. The van der Waals surface area contributed by atoms with Gasteiger partial charge in [0, 0.05) is 31.4 Å². The minimum Gasteiger partial charge on any atom is -0.382 e. The number of hydrogen-bond donors (Lipinski definition) is 3. The van der Waals surface area contributed by atoms with Crippen molar-refractivity contribution in [1.29, 1.82) is 0 Å². The highest BCUT2D eigenvalue weighted by atomic mass is 16.2. The number of anilines is 1. The molecule has 2 aromatic carbocycles. The number of amides is 2. The number of urea groups is 1. The van der Waals surface area contributed by atoms with Crippen LogP contribution in [0.2, 0.25) is 0 Å². The topological polar surface area (TPSA) is 97.9 Å². The number of nitrogen functional groups attached to an aromatic ring is 1. The maximum atomic E-state index is 12.2. The molecule has 0 unspecified atom stereocenters. The molecule has 0 atom stereocenters. The van der Waals surface area contributed by atoms with Gasteiger partial charge in [0.25, 0.3) is 0 Å². The maximum absolute atomic E-state index is 12.2. The molecule has 0 radical (unpaired) electrons. The lowest BCUT2D eigenvalue weighted by atomic mass is 10.1. The largest absolute Gasteiger partial charge is 0.382 e. The van der Waals surface area contributed by atoms with Crippen molar-refractivity contribution < 1.29 is 4.79 Å². The number of benzene rings is 2. The van der Waals surface area contributed by atoms with Crippen LogP contribution in [0.3, 0.4) is 0 Å². The van der Waals surface area contributed by atoms with Crippen molar-refractivity contribution >= 4 is 33.8 Å². The smallest absolute Gasteiger partial charge is 0.315 e. The van der Waals surface area contributed by atoms with E-state index >= 15 is 0 Å². The lowest BCUT2D eigenvalue weighted by Gasteiger charge is -2.12. The number of fused-ring (bicyclic) bond motifs is 3. The van der Waals surface area contributed by atoms with E-state index in [-0.39, 0.29) is 6.03 Å². The molecule has 4 N–H and O–H groups in total. The Morgan fingerprint density at radius 3 is 2.71 bits per heavy atom. The zero-order valence-corrected chi connectivity index (χ0v) is 20.1. The van der Waals surface area contributed by atoms with Gasteiger partial charge in [0.1, 0.15) is 11.3 Å². The molecule has 4 aromatic rings. The lowest BCUT2D eigenvalue weighted by Crippen LogP contribution is -2.35. The summed E-state index contributed by atoms with van der Waals surface area (Å²) in [7, 11) is 0. The van der Waals surface area contributed by atoms with Crippen LogP contribution in [0.25, 0.3) is 21.9 Å². The zero-order valence-electron chi connectivity index (χ0n) is 20.1.